The molecule has 3 heterocycles. The Kier molecular flexibility index (Phi) is 6.30. The van der Waals surface area contributed by atoms with Gasteiger partial charge in [-0.15, -0.1) is 0 Å². The molecule has 3 aromatic rings. The molecule has 5 aliphatic rings. The molecule has 8 rings (SSSR count). The van der Waals surface area contributed by atoms with Crippen molar-refractivity contribution in [3.05, 3.63) is 81.4 Å². The normalized spacial score (nSPS) is 27.8. The molecule has 2 aromatic heterocycles. The zero-order valence-corrected chi connectivity index (χ0v) is 24.5. The Morgan fingerprint density at radius 3 is 2.32 bits per heavy atom. The number of rotatable bonds is 6. The number of ether oxygens (including phenoxy) is 1. The van der Waals surface area contributed by atoms with Crippen LogP contribution in [-0.2, 0) is 21.5 Å². The number of aromatic nitrogens is 1. The van der Waals surface area contributed by atoms with Crippen LogP contribution in [-0.4, -0.2) is 33.7 Å². The molecular formula is C33H34N2O5S. The highest BCUT2D eigenvalue weighted by Gasteiger charge is 2.51. The lowest BCUT2D eigenvalue weighted by molar-refractivity contribution is -0.123. The molecule has 41 heavy (non-hydrogen) atoms. The van der Waals surface area contributed by atoms with Gasteiger partial charge in [0.05, 0.1) is 18.6 Å². The van der Waals surface area contributed by atoms with Crippen LogP contribution in [0.15, 0.2) is 51.8 Å². The van der Waals surface area contributed by atoms with Crippen LogP contribution in [0.5, 0.6) is 0 Å². The van der Waals surface area contributed by atoms with Gasteiger partial charge in [0.25, 0.3) is 11.1 Å². The first-order chi connectivity index (χ1) is 19.7. The van der Waals surface area contributed by atoms with E-state index >= 15 is 0 Å². The lowest BCUT2D eigenvalue weighted by Crippen LogP contribution is -2.48. The van der Waals surface area contributed by atoms with E-state index in [1.54, 1.807) is 12.1 Å². The second-order valence-electron chi connectivity index (χ2n) is 12.4. The SMILES string of the molecule is COC(=O)c1ccc(CN2C(=O)S/C(=C/c3cc(C)n(-c4ccc(C56CC7CC(CC(C7)C5)C6)cc4)c3C)C2=O)o1. The maximum absolute atomic E-state index is 13.2. The van der Waals surface area contributed by atoms with Crippen LogP contribution in [0.4, 0.5) is 4.79 Å². The molecule has 4 saturated carbocycles. The second-order valence-corrected chi connectivity index (χ2v) is 13.4. The van der Waals surface area contributed by atoms with Crippen LogP contribution >= 0.6 is 11.8 Å². The molecule has 2 amide bonds. The van der Waals surface area contributed by atoms with Gasteiger partial charge in [0, 0.05) is 17.1 Å². The lowest BCUT2D eigenvalue weighted by atomic mass is 9.48. The van der Waals surface area contributed by atoms with Crippen molar-refractivity contribution in [2.75, 3.05) is 7.11 Å². The summed E-state index contributed by atoms with van der Waals surface area (Å²) in [6.45, 7) is 4.07. The second kappa shape index (κ2) is 9.79. The third kappa shape index (κ3) is 4.47. The molecule has 212 valence electrons. The molecule has 0 N–H and O–H groups in total. The summed E-state index contributed by atoms with van der Waals surface area (Å²) in [4.78, 5) is 39.1. The number of methoxy groups -OCH3 is 1. The fraction of sp³-hybridized carbons (Fsp3) is 0.424. The summed E-state index contributed by atoms with van der Waals surface area (Å²) in [5.74, 6) is 2.14. The van der Waals surface area contributed by atoms with Crippen LogP contribution in [0.3, 0.4) is 0 Å². The van der Waals surface area contributed by atoms with Crippen LogP contribution in [0, 0.1) is 31.6 Å². The van der Waals surface area contributed by atoms with E-state index in [1.807, 2.05) is 6.92 Å². The maximum Gasteiger partial charge on any atom is 0.373 e. The number of nitrogens with zero attached hydrogens (tertiary/aromatic N) is 2. The minimum atomic E-state index is -0.608. The summed E-state index contributed by atoms with van der Waals surface area (Å²) in [7, 11) is 1.27. The van der Waals surface area contributed by atoms with Crippen molar-refractivity contribution in [3.8, 4) is 5.69 Å². The molecule has 1 saturated heterocycles. The summed E-state index contributed by atoms with van der Waals surface area (Å²) < 4.78 is 12.3. The van der Waals surface area contributed by atoms with E-state index in [4.69, 9.17) is 4.42 Å². The van der Waals surface area contributed by atoms with Crippen molar-refractivity contribution < 1.29 is 23.5 Å². The predicted molar refractivity (Wildman–Crippen MR) is 157 cm³/mol. The molecule has 0 unspecified atom stereocenters. The molecule has 7 nitrogen and oxygen atoms in total. The minimum absolute atomic E-state index is 0.0309. The number of hydrogen-bond acceptors (Lipinski definition) is 6. The van der Waals surface area contributed by atoms with Crippen molar-refractivity contribution in [2.24, 2.45) is 17.8 Å². The highest BCUT2D eigenvalue weighted by Crippen LogP contribution is 2.60. The van der Waals surface area contributed by atoms with Gasteiger partial charge in [0.15, 0.2) is 0 Å². The maximum atomic E-state index is 13.2. The van der Waals surface area contributed by atoms with Crippen LogP contribution in [0.25, 0.3) is 11.8 Å². The van der Waals surface area contributed by atoms with Crippen molar-refractivity contribution >= 4 is 35.0 Å². The Hall–Kier alpha value is -3.52. The molecule has 1 aromatic carbocycles. The highest BCUT2D eigenvalue weighted by molar-refractivity contribution is 8.18. The smallest absolute Gasteiger partial charge is 0.373 e. The van der Waals surface area contributed by atoms with Gasteiger partial charge >= 0.3 is 5.97 Å². The average molecular weight is 571 g/mol. The van der Waals surface area contributed by atoms with Crippen molar-refractivity contribution in [1.29, 1.82) is 0 Å². The molecule has 4 aliphatic carbocycles. The Labute approximate surface area is 243 Å². The zero-order chi connectivity index (χ0) is 28.5. The fourth-order valence-electron chi connectivity index (χ4n) is 8.37. The van der Waals surface area contributed by atoms with Crippen LogP contribution in [0.1, 0.15) is 77.4 Å². The van der Waals surface area contributed by atoms with E-state index in [0.29, 0.717) is 16.1 Å². The summed E-state index contributed by atoms with van der Waals surface area (Å²) in [5, 5.41) is -0.369. The minimum Gasteiger partial charge on any atom is -0.463 e. The first kappa shape index (κ1) is 26.4. The third-order valence-electron chi connectivity index (χ3n) is 9.77. The number of imide groups is 1. The lowest BCUT2D eigenvalue weighted by Gasteiger charge is -2.57. The Morgan fingerprint density at radius 2 is 1.68 bits per heavy atom. The van der Waals surface area contributed by atoms with Crippen LogP contribution in [0.2, 0.25) is 0 Å². The van der Waals surface area contributed by atoms with Gasteiger partial charge < -0.3 is 13.7 Å². The number of amides is 2. The van der Waals surface area contributed by atoms with Crippen LogP contribution < -0.4 is 0 Å². The number of esters is 1. The summed E-state index contributed by atoms with van der Waals surface area (Å²) in [6.07, 6.45) is 10.2. The number of benzene rings is 1. The number of furan rings is 1. The van der Waals surface area contributed by atoms with Gasteiger partial charge in [0.2, 0.25) is 5.76 Å². The quantitative estimate of drug-likeness (QED) is 0.231. The van der Waals surface area contributed by atoms with Gasteiger partial charge in [-0.3, -0.25) is 14.5 Å². The van der Waals surface area contributed by atoms with E-state index in [0.717, 1.165) is 57.1 Å². The van der Waals surface area contributed by atoms with E-state index in [9.17, 15) is 14.4 Å². The molecular weight excluding hydrogens is 536 g/mol. The standard InChI is InChI=1S/C33H34N2O5S/c1-19-10-24(14-29-30(36)34(32(38)41-29)18-27-8-9-28(40-27)31(37)39-3)20(2)35(19)26-6-4-25(5-7-26)33-15-21-11-22(16-33)13-23(12-21)17-33/h4-10,14,21-23H,11-13,15-18H2,1-3H3/b29-14+. The van der Waals surface area contributed by atoms with E-state index in [-0.39, 0.29) is 23.5 Å². The third-order valence-corrected chi connectivity index (χ3v) is 10.7. The Bertz CT molecular complexity index is 1560. The van der Waals surface area contributed by atoms with E-state index in [1.165, 1.54) is 57.3 Å². The first-order valence-electron chi connectivity index (χ1n) is 14.5. The van der Waals surface area contributed by atoms with Gasteiger partial charge in [-0.25, -0.2) is 4.79 Å². The van der Waals surface area contributed by atoms with Gasteiger partial charge in [-0.2, -0.15) is 0 Å². The monoisotopic (exact) mass is 570 g/mol. The van der Waals surface area contributed by atoms with Crippen molar-refractivity contribution in [3.63, 3.8) is 0 Å². The summed E-state index contributed by atoms with van der Waals surface area (Å²) >= 11 is 0.918. The number of hydrogen-bond donors (Lipinski definition) is 0. The Morgan fingerprint density at radius 1 is 1.02 bits per heavy atom. The van der Waals surface area contributed by atoms with Gasteiger partial charge in [-0.05, 0) is 135 Å². The van der Waals surface area contributed by atoms with Crippen molar-refractivity contribution in [1.82, 2.24) is 9.47 Å². The number of thioether (sulfide) groups is 1. The van der Waals surface area contributed by atoms with Gasteiger partial charge in [-0.1, -0.05) is 12.1 Å². The number of aryl methyl sites for hydroxylation is 1. The predicted octanol–water partition coefficient (Wildman–Crippen LogP) is 7.18. The zero-order valence-electron chi connectivity index (χ0n) is 23.6. The molecule has 1 aliphatic heterocycles. The molecule has 4 bridgehead atoms. The largest absolute Gasteiger partial charge is 0.463 e. The Balaban J connectivity index is 1.11. The summed E-state index contributed by atoms with van der Waals surface area (Å²) in [6, 6.07) is 14.3. The molecule has 0 radical (unpaired) electrons. The summed E-state index contributed by atoms with van der Waals surface area (Å²) in [5.41, 5.74) is 5.99. The van der Waals surface area contributed by atoms with E-state index in [2.05, 4.69) is 46.6 Å². The van der Waals surface area contributed by atoms with Gasteiger partial charge in [0.1, 0.15) is 5.76 Å². The molecule has 8 heteroatoms. The number of carbonyl (C=O) groups excluding carboxylic acids is 3. The topological polar surface area (TPSA) is 81.8 Å². The first-order valence-corrected chi connectivity index (χ1v) is 15.3. The molecule has 5 fully saturated rings. The highest BCUT2D eigenvalue weighted by atomic mass is 32.2. The average Bonchev–Trinajstić information content (AvgIpc) is 3.60. The fourth-order valence-corrected chi connectivity index (χ4v) is 9.20. The number of carbonyl (C=O) groups is 3. The van der Waals surface area contributed by atoms with Crippen molar-refractivity contribution in [2.45, 2.75) is 64.3 Å². The van der Waals surface area contributed by atoms with E-state index < -0.39 is 5.97 Å². The molecule has 0 spiro atoms. The molecule has 0 atom stereocenters.